The van der Waals surface area contributed by atoms with Gasteiger partial charge in [0, 0.05) is 32.0 Å². The van der Waals surface area contributed by atoms with Crippen LogP contribution in [0.25, 0.3) is 0 Å². The Bertz CT molecular complexity index is 958. The van der Waals surface area contributed by atoms with E-state index in [0.717, 1.165) is 16.3 Å². The molecular formula is C18H19FN6O4. The SMILES string of the molecule is NC(=O)c1ccc2c(n1)CCN2c1cc(O[C@H]2CCN(C(=O)O)C[C@H]2F)ncn1. The number of rotatable bonds is 4. The van der Waals surface area contributed by atoms with E-state index in [4.69, 9.17) is 15.6 Å². The number of piperidine rings is 1. The standard InChI is InChI=1S/C18H19FN6O4/c19-10-8-24(18(27)28)5-4-14(10)29-16-7-15(21-9-22-16)25-6-3-11-13(25)2-1-12(23-11)17(20)26/h1-2,7,9-10,14H,3-6,8H2,(H2,20,26)(H,27,28)/t10-,14+/m1/s1. The molecule has 2 atom stereocenters. The molecule has 1 saturated heterocycles. The van der Waals surface area contributed by atoms with Crippen LogP contribution in [-0.2, 0) is 6.42 Å². The maximum atomic E-state index is 14.3. The van der Waals surface area contributed by atoms with Crippen LogP contribution in [0.2, 0.25) is 0 Å². The number of carboxylic acid groups (broad SMARTS) is 1. The van der Waals surface area contributed by atoms with Crippen LogP contribution < -0.4 is 15.4 Å². The fourth-order valence-electron chi connectivity index (χ4n) is 3.52. The summed E-state index contributed by atoms with van der Waals surface area (Å²) in [6.07, 6.45) is -1.18. The Morgan fingerprint density at radius 2 is 2.10 bits per heavy atom. The maximum absolute atomic E-state index is 14.3. The minimum absolute atomic E-state index is 0.200. The smallest absolute Gasteiger partial charge is 0.407 e. The number of anilines is 2. The number of aromatic nitrogens is 3. The fourth-order valence-corrected chi connectivity index (χ4v) is 3.52. The molecule has 0 saturated carbocycles. The lowest BCUT2D eigenvalue weighted by Crippen LogP contribution is -2.48. The van der Waals surface area contributed by atoms with Gasteiger partial charge < -0.3 is 25.4 Å². The molecule has 29 heavy (non-hydrogen) atoms. The first-order valence-corrected chi connectivity index (χ1v) is 9.10. The molecule has 0 spiro atoms. The Morgan fingerprint density at radius 1 is 1.28 bits per heavy atom. The third kappa shape index (κ3) is 3.75. The minimum Gasteiger partial charge on any atom is -0.471 e. The van der Waals surface area contributed by atoms with Crippen molar-refractivity contribution in [2.75, 3.05) is 24.5 Å². The average Bonchev–Trinajstić information content (AvgIpc) is 3.13. The summed E-state index contributed by atoms with van der Waals surface area (Å²) < 4.78 is 20.0. The third-order valence-corrected chi connectivity index (χ3v) is 4.99. The number of primary amides is 1. The second-order valence-electron chi connectivity index (χ2n) is 6.83. The Balaban J connectivity index is 1.49. The number of fused-ring (bicyclic) bond motifs is 1. The van der Waals surface area contributed by atoms with Crippen molar-refractivity contribution in [2.24, 2.45) is 5.73 Å². The lowest BCUT2D eigenvalue weighted by Gasteiger charge is -2.32. The quantitative estimate of drug-likeness (QED) is 0.777. The molecule has 10 nitrogen and oxygen atoms in total. The molecule has 2 aromatic rings. The molecule has 0 unspecified atom stereocenters. The van der Waals surface area contributed by atoms with E-state index < -0.39 is 24.3 Å². The summed E-state index contributed by atoms with van der Waals surface area (Å²) in [7, 11) is 0. The summed E-state index contributed by atoms with van der Waals surface area (Å²) in [5, 5.41) is 8.98. The lowest BCUT2D eigenvalue weighted by atomic mass is 10.1. The van der Waals surface area contributed by atoms with Gasteiger partial charge in [0.1, 0.15) is 23.9 Å². The summed E-state index contributed by atoms with van der Waals surface area (Å²) in [4.78, 5) is 37.8. The predicted octanol–water partition coefficient (Wildman–Crippen LogP) is 1.13. The first-order valence-electron chi connectivity index (χ1n) is 9.10. The van der Waals surface area contributed by atoms with Crippen molar-refractivity contribution < 1.29 is 23.8 Å². The summed E-state index contributed by atoms with van der Waals surface area (Å²) in [6.45, 7) is 0.570. The highest BCUT2D eigenvalue weighted by Crippen LogP contribution is 2.33. The number of nitrogens with two attached hydrogens (primary N) is 1. The van der Waals surface area contributed by atoms with Crippen molar-refractivity contribution in [1.82, 2.24) is 19.9 Å². The van der Waals surface area contributed by atoms with Gasteiger partial charge in [-0.05, 0) is 12.1 Å². The molecule has 0 bridgehead atoms. The largest absolute Gasteiger partial charge is 0.471 e. The first kappa shape index (κ1) is 18.8. The van der Waals surface area contributed by atoms with E-state index in [0.29, 0.717) is 18.8 Å². The topological polar surface area (TPSA) is 135 Å². The van der Waals surface area contributed by atoms with E-state index in [1.54, 1.807) is 18.2 Å². The van der Waals surface area contributed by atoms with Crippen molar-refractivity contribution in [1.29, 1.82) is 0 Å². The van der Waals surface area contributed by atoms with Gasteiger partial charge in [-0.15, -0.1) is 0 Å². The van der Waals surface area contributed by atoms with Crippen molar-refractivity contribution in [3.8, 4) is 5.88 Å². The van der Waals surface area contributed by atoms with Gasteiger partial charge in [-0.2, -0.15) is 0 Å². The zero-order valence-electron chi connectivity index (χ0n) is 15.4. The van der Waals surface area contributed by atoms with Crippen LogP contribution >= 0.6 is 0 Å². The van der Waals surface area contributed by atoms with E-state index >= 15 is 0 Å². The highest BCUT2D eigenvalue weighted by Gasteiger charge is 2.33. The predicted molar refractivity (Wildman–Crippen MR) is 99.0 cm³/mol. The van der Waals surface area contributed by atoms with Gasteiger partial charge in [0.25, 0.3) is 5.91 Å². The molecule has 0 aromatic carbocycles. The Kier molecular flexibility index (Phi) is 4.87. The maximum Gasteiger partial charge on any atom is 0.407 e. The van der Waals surface area contributed by atoms with Gasteiger partial charge in [0.2, 0.25) is 5.88 Å². The number of likely N-dealkylation sites (tertiary alicyclic amines) is 1. The summed E-state index contributed by atoms with van der Waals surface area (Å²) in [6, 6.07) is 4.92. The van der Waals surface area contributed by atoms with Gasteiger partial charge >= 0.3 is 6.09 Å². The van der Waals surface area contributed by atoms with Crippen LogP contribution in [0.15, 0.2) is 24.5 Å². The minimum atomic E-state index is -1.44. The van der Waals surface area contributed by atoms with E-state index in [1.807, 2.05) is 4.90 Å². The molecule has 2 aliphatic heterocycles. The lowest BCUT2D eigenvalue weighted by molar-refractivity contribution is 0.0226. The molecule has 4 rings (SSSR count). The van der Waals surface area contributed by atoms with Gasteiger partial charge in [0.05, 0.1) is 17.9 Å². The Morgan fingerprint density at radius 3 is 2.83 bits per heavy atom. The molecule has 0 radical (unpaired) electrons. The van der Waals surface area contributed by atoms with Crippen LogP contribution in [0.3, 0.4) is 0 Å². The number of halogens is 1. The van der Waals surface area contributed by atoms with Crippen LogP contribution in [0.1, 0.15) is 22.6 Å². The zero-order valence-corrected chi connectivity index (χ0v) is 15.4. The van der Waals surface area contributed by atoms with Gasteiger partial charge in [-0.25, -0.2) is 24.1 Å². The number of alkyl halides is 1. The zero-order chi connectivity index (χ0) is 20.5. The van der Waals surface area contributed by atoms with Crippen LogP contribution in [0.4, 0.5) is 20.7 Å². The molecular weight excluding hydrogens is 383 g/mol. The van der Waals surface area contributed by atoms with Gasteiger partial charge in [0.15, 0.2) is 6.17 Å². The second-order valence-corrected chi connectivity index (χ2v) is 6.83. The summed E-state index contributed by atoms with van der Waals surface area (Å²) >= 11 is 0. The average molecular weight is 402 g/mol. The van der Waals surface area contributed by atoms with Crippen LogP contribution in [0.5, 0.6) is 5.88 Å². The molecule has 4 heterocycles. The van der Waals surface area contributed by atoms with E-state index in [1.165, 1.54) is 6.33 Å². The summed E-state index contributed by atoms with van der Waals surface area (Å²) in [5.41, 5.74) is 7.03. The molecule has 0 aliphatic carbocycles. The number of hydrogen-bond acceptors (Lipinski definition) is 7. The van der Waals surface area contributed by atoms with Gasteiger partial charge in [-0.1, -0.05) is 0 Å². The van der Waals surface area contributed by atoms with Crippen molar-refractivity contribution in [3.63, 3.8) is 0 Å². The summed E-state index contributed by atoms with van der Waals surface area (Å²) in [5.74, 6) is 0.182. The fraction of sp³-hybridized carbons (Fsp3) is 0.389. The number of ether oxygens (including phenoxy) is 1. The Labute approximate surface area is 165 Å². The second kappa shape index (κ2) is 7.49. The number of nitrogens with zero attached hydrogens (tertiary/aromatic N) is 5. The van der Waals surface area contributed by atoms with Crippen LogP contribution in [0, 0.1) is 0 Å². The molecule has 2 amide bonds. The molecule has 3 N–H and O–H groups in total. The number of amides is 2. The Hall–Kier alpha value is -3.50. The first-order chi connectivity index (χ1) is 13.9. The number of carbonyl (C=O) groups excluding carboxylic acids is 1. The number of pyridine rings is 1. The molecule has 2 aromatic heterocycles. The molecule has 11 heteroatoms. The van der Waals surface area contributed by atoms with Crippen molar-refractivity contribution >= 4 is 23.5 Å². The molecule has 2 aliphatic rings. The van der Waals surface area contributed by atoms with E-state index in [2.05, 4.69) is 15.0 Å². The normalized spacial score (nSPS) is 21.0. The molecule has 1 fully saturated rings. The van der Waals surface area contributed by atoms with Crippen molar-refractivity contribution in [2.45, 2.75) is 25.1 Å². The van der Waals surface area contributed by atoms with E-state index in [9.17, 15) is 14.0 Å². The van der Waals surface area contributed by atoms with Gasteiger partial charge in [-0.3, -0.25) is 4.79 Å². The highest BCUT2D eigenvalue weighted by molar-refractivity contribution is 5.91. The highest BCUT2D eigenvalue weighted by atomic mass is 19.1. The monoisotopic (exact) mass is 402 g/mol. The number of hydrogen-bond donors (Lipinski definition) is 2. The third-order valence-electron chi connectivity index (χ3n) is 4.99. The van der Waals surface area contributed by atoms with Crippen molar-refractivity contribution in [3.05, 3.63) is 35.9 Å². The molecule has 152 valence electrons. The van der Waals surface area contributed by atoms with E-state index in [-0.39, 0.29) is 31.1 Å². The number of carbonyl (C=O) groups is 2. The van der Waals surface area contributed by atoms with Crippen LogP contribution in [-0.4, -0.2) is 68.9 Å².